The molecule has 0 aliphatic heterocycles. The second kappa shape index (κ2) is 15.1. The van der Waals surface area contributed by atoms with Crippen molar-refractivity contribution >= 4 is 17.9 Å². The summed E-state index contributed by atoms with van der Waals surface area (Å²) in [4.78, 5) is 35.3. The molecule has 2 aliphatic rings. The summed E-state index contributed by atoms with van der Waals surface area (Å²) in [6.07, 6.45) is 0.795. The van der Waals surface area contributed by atoms with Gasteiger partial charge in [-0.1, -0.05) is 13.2 Å². The Morgan fingerprint density at radius 2 is 1.22 bits per heavy atom. The van der Waals surface area contributed by atoms with Crippen molar-refractivity contribution in [1.29, 1.82) is 0 Å². The molecule has 0 radical (unpaired) electrons. The third-order valence-corrected chi connectivity index (χ3v) is 6.41. The highest BCUT2D eigenvalue weighted by atomic mass is 16.6. The molecule has 6 unspecified atom stereocenters. The number of hydrogen-bond donors (Lipinski definition) is 2. The van der Waals surface area contributed by atoms with Gasteiger partial charge in [-0.15, -0.1) is 0 Å². The van der Waals surface area contributed by atoms with Gasteiger partial charge in [0.05, 0.1) is 50.2 Å². The molecule has 204 valence electrons. The van der Waals surface area contributed by atoms with E-state index in [1.807, 2.05) is 0 Å². The molecule has 0 aromatic carbocycles. The summed E-state index contributed by atoms with van der Waals surface area (Å²) in [7, 11) is 0. The summed E-state index contributed by atoms with van der Waals surface area (Å²) in [6.45, 7) is 10.9. The maximum Gasteiger partial charge on any atom is 0.333 e. The first-order valence-corrected chi connectivity index (χ1v) is 12.5. The lowest BCUT2D eigenvalue weighted by molar-refractivity contribution is -0.159. The van der Waals surface area contributed by atoms with Crippen molar-refractivity contribution in [3.63, 3.8) is 0 Å². The molecule has 10 heteroatoms. The Morgan fingerprint density at radius 1 is 0.722 bits per heavy atom. The molecule has 0 spiro atoms. The molecule has 0 saturated heterocycles. The molecule has 10 nitrogen and oxygen atoms in total. The highest BCUT2D eigenvalue weighted by molar-refractivity contribution is 5.87. The Balaban J connectivity index is 1.61. The predicted molar refractivity (Wildman–Crippen MR) is 129 cm³/mol. The summed E-state index contributed by atoms with van der Waals surface area (Å²) >= 11 is 0. The first-order chi connectivity index (χ1) is 17.1. The van der Waals surface area contributed by atoms with Gasteiger partial charge in [0.2, 0.25) is 0 Å². The molecule has 2 N–H and O–H groups in total. The predicted octanol–water partition coefficient (Wildman–Crippen LogP) is 1.86. The Bertz CT molecular complexity index is 779. The van der Waals surface area contributed by atoms with Crippen molar-refractivity contribution in [2.75, 3.05) is 33.0 Å². The molecule has 0 bridgehead atoms. The van der Waals surface area contributed by atoms with Gasteiger partial charge in [-0.2, -0.15) is 0 Å². The number of aliphatic hydroxyl groups excluding tert-OH is 2. The van der Waals surface area contributed by atoms with Crippen LogP contribution in [-0.4, -0.2) is 85.6 Å². The van der Waals surface area contributed by atoms with Crippen LogP contribution in [0, 0.1) is 11.8 Å². The van der Waals surface area contributed by atoms with Crippen LogP contribution < -0.4 is 0 Å². The minimum Gasteiger partial charge on any atom is -0.465 e. The molecule has 0 amide bonds. The molecule has 2 fully saturated rings. The molecule has 0 aromatic heterocycles. The monoisotopic (exact) mass is 512 g/mol. The topological polar surface area (TPSA) is 138 Å². The van der Waals surface area contributed by atoms with Crippen LogP contribution >= 0.6 is 0 Å². The van der Waals surface area contributed by atoms with E-state index in [0.717, 1.165) is 6.42 Å². The normalized spacial score (nSPS) is 28.1. The van der Waals surface area contributed by atoms with E-state index < -0.39 is 36.2 Å². The average Bonchev–Trinajstić information content (AvgIpc) is 2.84. The van der Waals surface area contributed by atoms with E-state index >= 15 is 0 Å². The van der Waals surface area contributed by atoms with E-state index in [1.54, 1.807) is 13.8 Å². The SMILES string of the molecule is C=C(C)C(=O)OCCOC1CCC(COC(=O)C2CCC(OCCOC(=O)C(=C)C)C(O)C2)CC1O. The van der Waals surface area contributed by atoms with Crippen molar-refractivity contribution in [3.05, 3.63) is 24.3 Å². The van der Waals surface area contributed by atoms with Crippen molar-refractivity contribution in [1.82, 2.24) is 0 Å². The first kappa shape index (κ1) is 30.0. The maximum atomic E-state index is 12.5. The van der Waals surface area contributed by atoms with Gasteiger partial charge in [-0.3, -0.25) is 4.79 Å². The lowest BCUT2D eigenvalue weighted by Crippen LogP contribution is -2.40. The second-order valence-corrected chi connectivity index (χ2v) is 9.60. The van der Waals surface area contributed by atoms with Crippen LogP contribution in [0.5, 0.6) is 0 Å². The van der Waals surface area contributed by atoms with Gasteiger partial charge in [0.15, 0.2) is 0 Å². The zero-order valence-electron chi connectivity index (χ0n) is 21.3. The maximum absolute atomic E-state index is 12.5. The average molecular weight is 513 g/mol. The molecular weight excluding hydrogens is 472 g/mol. The second-order valence-electron chi connectivity index (χ2n) is 9.60. The molecule has 0 heterocycles. The lowest BCUT2D eigenvalue weighted by atomic mass is 9.84. The van der Waals surface area contributed by atoms with Crippen molar-refractivity contribution in [2.45, 2.75) is 76.8 Å². The highest BCUT2D eigenvalue weighted by Crippen LogP contribution is 2.30. The largest absolute Gasteiger partial charge is 0.465 e. The van der Waals surface area contributed by atoms with Gasteiger partial charge < -0.3 is 33.9 Å². The zero-order valence-corrected chi connectivity index (χ0v) is 21.3. The first-order valence-electron chi connectivity index (χ1n) is 12.5. The summed E-state index contributed by atoms with van der Waals surface area (Å²) in [5, 5.41) is 20.8. The number of rotatable bonds is 13. The third kappa shape index (κ3) is 10.0. The fourth-order valence-electron chi connectivity index (χ4n) is 4.31. The highest BCUT2D eigenvalue weighted by Gasteiger charge is 2.35. The van der Waals surface area contributed by atoms with E-state index in [1.165, 1.54) is 0 Å². The number of aliphatic hydroxyl groups is 2. The van der Waals surface area contributed by atoms with E-state index in [2.05, 4.69) is 13.2 Å². The van der Waals surface area contributed by atoms with Crippen LogP contribution in [0.1, 0.15) is 52.4 Å². The fourth-order valence-corrected chi connectivity index (χ4v) is 4.31. The molecule has 2 rings (SSSR count). The molecule has 2 saturated carbocycles. The lowest BCUT2D eigenvalue weighted by Gasteiger charge is -2.34. The Labute approximate surface area is 212 Å². The van der Waals surface area contributed by atoms with E-state index in [4.69, 9.17) is 23.7 Å². The van der Waals surface area contributed by atoms with Crippen molar-refractivity contribution in [3.8, 4) is 0 Å². The molecular formula is C26H40O10. The molecule has 2 aliphatic carbocycles. The molecule has 6 atom stereocenters. The smallest absolute Gasteiger partial charge is 0.333 e. The summed E-state index contributed by atoms with van der Waals surface area (Å²) < 4.78 is 26.7. The van der Waals surface area contributed by atoms with E-state index in [0.29, 0.717) is 36.8 Å². The van der Waals surface area contributed by atoms with E-state index in [9.17, 15) is 24.6 Å². The summed E-state index contributed by atoms with van der Waals surface area (Å²) in [5.41, 5.74) is 0.628. The number of carbonyl (C=O) groups excluding carboxylic acids is 3. The Morgan fingerprint density at radius 3 is 1.69 bits per heavy atom. The number of esters is 3. The van der Waals surface area contributed by atoms with Crippen LogP contribution in [0.15, 0.2) is 24.3 Å². The van der Waals surface area contributed by atoms with Crippen LogP contribution in [0.4, 0.5) is 0 Å². The third-order valence-electron chi connectivity index (χ3n) is 6.41. The fraction of sp³-hybridized carbons (Fsp3) is 0.731. The standard InChI is InChI=1S/C26H40O10/c1-16(2)24(29)34-11-9-32-22-7-5-18(13-20(22)27)15-36-26(31)19-6-8-23(21(28)14-19)33-10-12-35-25(30)17(3)4/h18-23,27-28H,1,3,5-15H2,2,4H3. The minimum atomic E-state index is -0.808. The van der Waals surface area contributed by atoms with Crippen LogP contribution in [-0.2, 0) is 38.1 Å². The van der Waals surface area contributed by atoms with Crippen LogP contribution in [0.2, 0.25) is 0 Å². The Hall–Kier alpha value is -2.27. The number of ether oxygens (including phenoxy) is 5. The van der Waals surface area contributed by atoms with Gasteiger partial charge in [0, 0.05) is 11.1 Å². The van der Waals surface area contributed by atoms with Gasteiger partial charge in [-0.05, 0) is 58.3 Å². The number of hydrogen-bond acceptors (Lipinski definition) is 10. The van der Waals surface area contributed by atoms with E-state index in [-0.39, 0.29) is 57.4 Å². The quantitative estimate of drug-likeness (QED) is 0.163. The van der Waals surface area contributed by atoms with Crippen molar-refractivity contribution < 1.29 is 48.3 Å². The minimum absolute atomic E-state index is 0.0246. The molecule has 0 aromatic rings. The van der Waals surface area contributed by atoms with Crippen molar-refractivity contribution in [2.24, 2.45) is 11.8 Å². The number of carbonyl (C=O) groups is 3. The van der Waals surface area contributed by atoms with Gasteiger partial charge >= 0.3 is 17.9 Å². The zero-order chi connectivity index (χ0) is 26.7. The van der Waals surface area contributed by atoms with Gasteiger partial charge in [-0.25, -0.2) is 9.59 Å². The van der Waals surface area contributed by atoms with Crippen LogP contribution in [0.25, 0.3) is 0 Å². The van der Waals surface area contributed by atoms with Gasteiger partial charge in [0.25, 0.3) is 0 Å². The summed E-state index contributed by atoms with van der Waals surface area (Å²) in [5.74, 6) is -1.69. The summed E-state index contributed by atoms with van der Waals surface area (Å²) in [6, 6.07) is 0. The Kier molecular flexibility index (Phi) is 12.6. The van der Waals surface area contributed by atoms with Crippen LogP contribution in [0.3, 0.4) is 0 Å². The van der Waals surface area contributed by atoms with Gasteiger partial charge in [0.1, 0.15) is 13.2 Å². The molecule has 36 heavy (non-hydrogen) atoms.